The summed E-state index contributed by atoms with van der Waals surface area (Å²) in [4.78, 5) is 32.9. The Labute approximate surface area is 103 Å². The predicted molar refractivity (Wildman–Crippen MR) is 61.1 cm³/mol. The lowest BCUT2D eigenvalue weighted by Gasteiger charge is -2.18. The number of carboxylic acids is 1. The van der Waals surface area contributed by atoms with Gasteiger partial charge in [0.15, 0.2) is 11.1 Å². The van der Waals surface area contributed by atoms with E-state index in [0.717, 1.165) is 6.92 Å². The smallest absolute Gasteiger partial charge is 0.333 e. The summed E-state index contributed by atoms with van der Waals surface area (Å²) < 4.78 is 0. The van der Waals surface area contributed by atoms with Gasteiger partial charge in [-0.05, 0) is 10.6 Å². The van der Waals surface area contributed by atoms with Crippen molar-refractivity contribution in [2.75, 3.05) is 0 Å². The monoisotopic (exact) mass is 252 g/mol. The number of aliphatic carboxylic acids is 1. The molecular formula is C11H12N2O5. The summed E-state index contributed by atoms with van der Waals surface area (Å²) in [5.74, 6) is -2.32. The lowest BCUT2D eigenvalue weighted by Crippen LogP contribution is -2.48. The Morgan fingerprint density at radius 2 is 1.94 bits per heavy atom. The van der Waals surface area contributed by atoms with Crippen LogP contribution >= 0.6 is 0 Å². The molecule has 0 radical (unpaired) electrons. The number of carbonyl (C=O) groups excluding carboxylic acids is 1. The standard InChI is InChI=1S/C11H12N2O5/c1-8(14)12(13(17)18)10(11(15)16)7-9-5-3-2-4-6-9/h2-6,10H,7H2,1H3,(H,15,16)/t10-/m0/s1. The van der Waals surface area contributed by atoms with Crippen LogP contribution in [0.5, 0.6) is 0 Å². The number of carboxylic acid groups (broad SMARTS) is 1. The van der Waals surface area contributed by atoms with Crippen molar-refractivity contribution in [2.24, 2.45) is 0 Å². The van der Waals surface area contributed by atoms with E-state index >= 15 is 0 Å². The number of amides is 1. The van der Waals surface area contributed by atoms with Crippen molar-refractivity contribution in [3.8, 4) is 0 Å². The van der Waals surface area contributed by atoms with Crippen LogP contribution in [-0.2, 0) is 16.0 Å². The van der Waals surface area contributed by atoms with Crippen molar-refractivity contribution in [2.45, 2.75) is 19.4 Å². The second-order valence-electron chi connectivity index (χ2n) is 3.65. The van der Waals surface area contributed by atoms with Crippen molar-refractivity contribution in [1.29, 1.82) is 0 Å². The van der Waals surface area contributed by atoms with Gasteiger partial charge in [0.05, 0.1) is 0 Å². The first-order valence-electron chi connectivity index (χ1n) is 5.14. The quantitative estimate of drug-likeness (QED) is 0.614. The molecule has 1 aromatic carbocycles. The van der Waals surface area contributed by atoms with Gasteiger partial charge in [-0.1, -0.05) is 30.3 Å². The van der Waals surface area contributed by atoms with E-state index in [1.807, 2.05) is 0 Å². The van der Waals surface area contributed by atoms with Gasteiger partial charge < -0.3 is 5.11 Å². The van der Waals surface area contributed by atoms with E-state index < -0.39 is 23.0 Å². The molecular weight excluding hydrogens is 240 g/mol. The van der Waals surface area contributed by atoms with E-state index in [-0.39, 0.29) is 11.4 Å². The van der Waals surface area contributed by atoms with Crippen LogP contribution < -0.4 is 0 Å². The fraction of sp³-hybridized carbons (Fsp3) is 0.273. The van der Waals surface area contributed by atoms with Crippen LogP contribution in [0.1, 0.15) is 12.5 Å². The van der Waals surface area contributed by atoms with E-state index in [0.29, 0.717) is 5.56 Å². The molecule has 0 fully saturated rings. The third-order valence-corrected chi connectivity index (χ3v) is 2.35. The van der Waals surface area contributed by atoms with E-state index in [9.17, 15) is 19.7 Å². The first-order chi connectivity index (χ1) is 8.43. The highest BCUT2D eigenvalue weighted by atomic mass is 16.7. The van der Waals surface area contributed by atoms with E-state index in [2.05, 4.69) is 0 Å². The molecule has 0 saturated carbocycles. The zero-order chi connectivity index (χ0) is 13.7. The zero-order valence-corrected chi connectivity index (χ0v) is 9.65. The van der Waals surface area contributed by atoms with Crippen LogP contribution in [0.3, 0.4) is 0 Å². The molecule has 96 valence electrons. The first kappa shape index (κ1) is 13.6. The Morgan fingerprint density at radius 3 is 2.33 bits per heavy atom. The van der Waals surface area contributed by atoms with Gasteiger partial charge in [-0.2, -0.15) is 0 Å². The second-order valence-corrected chi connectivity index (χ2v) is 3.65. The Morgan fingerprint density at radius 1 is 1.39 bits per heavy atom. The van der Waals surface area contributed by atoms with Gasteiger partial charge in [0.2, 0.25) is 0 Å². The van der Waals surface area contributed by atoms with Gasteiger partial charge in [0.25, 0.3) is 5.91 Å². The molecule has 0 aliphatic heterocycles. The zero-order valence-electron chi connectivity index (χ0n) is 9.65. The lowest BCUT2D eigenvalue weighted by molar-refractivity contribution is -0.640. The summed E-state index contributed by atoms with van der Waals surface area (Å²) in [7, 11) is 0. The van der Waals surface area contributed by atoms with Crippen molar-refractivity contribution in [1.82, 2.24) is 5.01 Å². The maximum atomic E-state index is 11.1. The average molecular weight is 252 g/mol. The van der Waals surface area contributed by atoms with E-state index in [1.165, 1.54) is 0 Å². The van der Waals surface area contributed by atoms with Crippen LogP contribution in [-0.4, -0.2) is 33.1 Å². The number of hydrogen-bond acceptors (Lipinski definition) is 4. The lowest BCUT2D eigenvalue weighted by atomic mass is 10.1. The molecule has 0 aliphatic carbocycles. The third-order valence-electron chi connectivity index (χ3n) is 2.35. The molecule has 1 aromatic rings. The minimum Gasteiger partial charge on any atom is -0.480 e. The minimum atomic E-state index is -1.51. The van der Waals surface area contributed by atoms with Gasteiger partial charge >= 0.3 is 5.97 Å². The van der Waals surface area contributed by atoms with Gasteiger partial charge in [-0.25, -0.2) is 14.9 Å². The Kier molecular flexibility index (Phi) is 4.36. The molecule has 7 nitrogen and oxygen atoms in total. The van der Waals surface area contributed by atoms with Crippen molar-refractivity contribution in [3.63, 3.8) is 0 Å². The topological polar surface area (TPSA) is 101 Å². The molecule has 0 unspecified atom stereocenters. The first-order valence-corrected chi connectivity index (χ1v) is 5.14. The molecule has 7 heteroatoms. The van der Waals surface area contributed by atoms with Gasteiger partial charge in [0.1, 0.15) is 0 Å². The second kappa shape index (κ2) is 5.76. The van der Waals surface area contributed by atoms with Crippen LogP contribution in [0.25, 0.3) is 0 Å². The molecule has 1 rings (SSSR count). The van der Waals surface area contributed by atoms with Crippen LogP contribution in [0.2, 0.25) is 0 Å². The highest BCUT2D eigenvalue weighted by Gasteiger charge is 2.36. The molecule has 0 bridgehead atoms. The summed E-state index contributed by atoms with van der Waals surface area (Å²) in [6.07, 6.45) is -0.114. The summed E-state index contributed by atoms with van der Waals surface area (Å²) in [6, 6.07) is 6.91. The fourth-order valence-electron chi connectivity index (χ4n) is 1.56. The summed E-state index contributed by atoms with van der Waals surface area (Å²) in [6.45, 7) is 0.962. The SMILES string of the molecule is CC(=O)N([C@@H](Cc1ccccc1)C(=O)O)[N+](=O)[O-]. The normalized spacial score (nSPS) is 11.6. The molecule has 18 heavy (non-hydrogen) atoms. The molecule has 0 saturated heterocycles. The fourth-order valence-corrected chi connectivity index (χ4v) is 1.56. The number of hydrogen-bond donors (Lipinski definition) is 1. The van der Waals surface area contributed by atoms with Crippen molar-refractivity contribution < 1.29 is 19.7 Å². The number of nitrogens with zero attached hydrogens (tertiary/aromatic N) is 2. The van der Waals surface area contributed by atoms with Crippen LogP contribution in [0, 0.1) is 10.1 Å². The summed E-state index contributed by atoms with van der Waals surface area (Å²) in [5.41, 5.74) is 0.609. The largest absolute Gasteiger partial charge is 0.480 e. The number of hydrazine groups is 1. The number of rotatable bonds is 5. The molecule has 0 heterocycles. The number of carbonyl (C=O) groups is 2. The predicted octanol–water partition coefficient (Wildman–Crippen LogP) is 0.722. The maximum Gasteiger partial charge on any atom is 0.333 e. The minimum absolute atomic E-state index is 0.114. The Bertz CT molecular complexity index is 446. The van der Waals surface area contributed by atoms with Gasteiger partial charge in [0, 0.05) is 13.3 Å². The van der Waals surface area contributed by atoms with Gasteiger partial charge in [-0.15, -0.1) is 0 Å². The Balaban J connectivity index is 2.99. The van der Waals surface area contributed by atoms with E-state index in [1.54, 1.807) is 30.3 Å². The Hall–Kier alpha value is -2.44. The average Bonchev–Trinajstić information content (AvgIpc) is 2.28. The highest BCUT2D eigenvalue weighted by Crippen LogP contribution is 2.10. The van der Waals surface area contributed by atoms with Gasteiger partial charge in [-0.3, -0.25) is 4.79 Å². The van der Waals surface area contributed by atoms with Crippen LogP contribution in [0.15, 0.2) is 30.3 Å². The molecule has 0 aliphatic rings. The number of nitro groups is 1. The van der Waals surface area contributed by atoms with Crippen molar-refractivity contribution >= 4 is 11.9 Å². The molecule has 1 atom stereocenters. The molecule has 1 amide bonds. The summed E-state index contributed by atoms with van der Waals surface area (Å²) >= 11 is 0. The van der Waals surface area contributed by atoms with Crippen LogP contribution in [0.4, 0.5) is 0 Å². The molecule has 0 aromatic heterocycles. The third kappa shape index (κ3) is 3.27. The number of benzene rings is 1. The molecule has 0 spiro atoms. The maximum absolute atomic E-state index is 11.1. The molecule has 1 N–H and O–H groups in total. The van der Waals surface area contributed by atoms with Crippen molar-refractivity contribution in [3.05, 3.63) is 46.0 Å². The van der Waals surface area contributed by atoms with E-state index in [4.69, 9.17) is 5.11 Å². The highest BCUT2D eigenvalue weighted by molar-refractivity contribution is 5.81. The summed E-state index contributed by atoms with van der Waals surface area (Å²) in [5, 5.41) is 18.9.